The summed E-state index contributed by atoms with van der Waals surface area (Å²) in [4.78, 5) is 0. The van der Waals surface area contributed by atoms with Crippen LogP contribution in [0.5, 0.6) is 0 Å². The third kappa shape index (κ3) is 3.08. The number of hydrogen-bond donors (Lipinski definition) is 1. The SMILES string of the molecule is OC(Cc1ccc2c(c1)CCC2)c1cc(Cl)cc(Br)c1. The van der Waals surface area contributed by atoms with Gasteiger partial charge < -0.3 is 5.11 Å². The molecule has 0 aliphatic heterocycles. The van der Waals surface area contributed by atoms with Crippen molar-refractivity contribution in [3.05, 3.63) is 68.1 Å². The zero-order valence-electron chi connectivity index (χ0n) is 11.1. The predicted octanol–water partition coefficient (Wildman–Crippen LogP) is 4.87. The van der Waals surface area contributed by atoms with Gasteiger partial charge in [0, 0.05) is 15.9 Å². The van der Waals surface area contributed by atoms with Crippen molar-refractivity contribution >= 4 is 27.5 Å². The van der Waals surface area contributed by atoms with Crippen LogP contribution in [0, 0.1) is 0 Å². The third-order valence-electron chi connectivity index (χ3n) is 3.86. The molecule has 0 radical (unpaired) electrons. The highest BCUT2D eigenvalue weighted by Crippen LogP contribution is 2.28. The topological polar surface area (TPSA) is 20.2 Å². The molecular formula is C17H16BrClO. The number of rotatable bonds is 3. The fourth-order valence-corrected chi connectivity index (χ4v) is 3.75. The molecule has 104 valence electrons. The molecule has 3 heteroatoms. The number of aliphatic hydroxyl groups is 1. The first-order chi connectivity index (χ1) is 9.61. The van der Waals surface area contributed by atoms with E-state index in [9.17, 15) is 5.11 Å². The van der Waals surface area contributed by atoms with E-state index in [0.29, 0.717) is 11.4 Å². The quantitative estimate of drug-likeness (QED) is 0.836. The van der Waals surface area contributed by atoms with E-state index < -0.39 is 6.10 Å². The van der Waals surface area contributed by atoms with Gasteiger partial charge in [-0.15, -0.1) is 0 Å². The Morgan fingerprint density at radius 1 is 1.10 bits per heavy atom. The first-order valence-corrected chi connectivity index (χ1v) is 8.03. The van der Waals surface area contributed by atoms with Gasteiger partial charge in [0.05, 0.1) is 6.10 Å². The van der Waals surface area contributed by atoms with Crippen LogP contribution in [0.15, 0.2) is 40.9 Å². The molecule has 2 aromatic carbocycles. The van der Waals surface area contributed by atoms with Gasteiger partial charge in [0.1, 0.15) is 0 Å². The van der Waals surface area contributed by atoms with Gasteiger partial charge in [0.15, 0.2) is 0 Å². The van der Waals surface area contributed by atoms with E-state index in [4.69, 9.17) is 11.6 Å². The first kappa shape index (κ1) is 14.1. The number of aliphatic hydroxyl groups excluding tert-OH is 1. The molecule has 0 saturated heterocycles. The van der Waals surface area contributed by atoms with Crippen molar-refractivity contribution in [2.75, 3.05) is 0 Å². The van der Waals surface area contributed by atoms with Crippen LogP contribution in [0.4, 0.5) is 0 Å². The minimum Gasteiger partial charge on any atom is -0.388 e. The molecule has 1 N–H and O–H groups in total. The second kappa shape index (κ2) is 5.88. The van der Waals surface area contributed by atoms with E-state index in [1.165, 1.54) is 36.0 Å². The van der Waals surface area contributed by atoms with Gasteiger partial charge in [-0.25, -0.2) is 0 Å². The summed E-state index contributed by atoms with van der Waals surface area (Å²) < 4.78 is 0.896. The largest absolute Gasteiger partial charge is 0.388 e. The zero-order chi connectivity index (χ0) is 14.1. The summed E-state index contributed by atoms with van der Waals surface area (Å²) in [6.07, 6.45) is 3.72. The van der Waals surface area contributed by atoms with Crippen molar-refractivity contribution in [2.45, 2.75) is 31.8 Å². The molecule has 1 nitrogen and oxygen atoms in total. The summed E-state index contributed by atoms with van der Waals surface area (Å²) in [5.74, 6) is 0. The Balaban J connectivity index is 1.80. The highest BCUT2D eigenvalue weighted by molar-refractivity contribution is 9.10. The van der Waals surface area contributed by atoms with Crippen molar-refractivity contribution in [1.29, 1.82) is 0 Å². The number of benzene rings is 2. The lowest BCUT2D eigenvalue weighted by atomic mass is 9.98. The van der Waals surface area contributed by atoms with Gasteiger partial charge in [0.2, 0.25) is 0 Å². The molecule has 0 bridgehead atoms. The second-order valence-corrected chi connectivity index (χ2v) is 6.73. The molecule has 1 atom stereocenters. The lowest BCUT2D eigenvalue weighted by Crippen LogP contribution is -2.02. The molecule has 0 fully saturated rings. The molecule has 1 unspecified atom stereocenters. The lowest BCUT2D eigenvalue weighted by molar-refractivity contribution is 0.178. The number of hydrogen-bond acceptors (Lipinski definition) is 1. The van der Waals surface area contributed by atoms with Crippen molar-refractivity contribution in [3.8, 4) is 0 Å². The first-order valence-electron chi connectivity index (χ1n) is 6.86. The van der Waals surface area contributed by atoms with Gasteiger partial charge in [-0.05, 0) is 59.7 Å². The molecule has 2 aromatic rings. The van der Waals surface area contributed by atoms with Crippen LogP contribution in [0.25, 0.3) is 0 Å². The van der Waals surface area contributed by atoms with Crippen LogP contribution in [-0.4, -0.2) is 5.11 Å². The Morgan fingerprint density at radius 3 is 2.70 bits per heavy atom. The Kier molecular flexibility index (Phi) is 4.16. The fraction of sp³-hybridized carbons (Fsp3) is 0.294. The summed E-state index contributed by atoms with van der Waals surface area (Å²) >= 11 is 9.44. The van der Waals surface area contributed by atoms with Crippen LogP contribution in [0.2, 0.25) is 5.02 Å². The van der Waals surface area contributed by atoms with E-state index in [-0.39, 0.29) is 0 Å². The van der Waals surface area contributed by atoms with E-state index in [0.717, 1.165) is 10.0 Å². The molecule has 0 spiro atoms. The maximum absolute atomic E-state index is 10.4. The standard InChI is InChI=1S/C17H16BrClO/c18-15-8-14(9-16(19)10-15)17(20)7-11-4-5-12-2-1-3-13(12)6-11/h4-6,8-10,17,20H,1-3,7H2. The monoisotopic (exact) mass is 350 g/mol. The van der Waals surface area contributed by atoms with Crippen LogP contribution in [0.1, 0.15) is 34.8 Å². The van der Waals surface area contributed by atoms with Crippen molar-refractivity contribution < 1.29 is 5.11 Å². The van der Waals surface area contributed by atoms with Crippen LogP contribution in [-0.2, 0) is 19.3 Å². The Morgan fingerprint density at radius 2 is 1.90 bits per heavy atom. The maximum Gasteiger partial charge on any atom is 0.0831 e. The Hall–Kier alpha value is -0.830. The molecule has 1 aliphatic carbocycles. The molecule has 3 rings (SSSR count). The van der Waals surface area contributed by atoms with Crippen LogP contribution >= 0.6 is 27.5 Å². The normalized spacial score (nSPS) is 15.2. The number of fused-ring (bicyclic) bond motifs is 1. The minimum absolute atomic E-state index is 0.524. The summed E-state index contributed by atoms with van der Waals surface area (Å²) in [7, 11) is 0. The van der Waals surface area contributed by atoms with E-state index in [2.05, 4.69) is 34.1 Å². The Bertz CT molecular complexity index is 619. The average Bonchev–Trinajstić information content (AvgIpc) is 2.85. The predicted molar refractivity (Wildman–Crippen MR) is 86.3 cm³/mol. The molecule has 0 heterocycles. The average molecular weight is 352 g/mol. The number of aryl methyl sites for hydroxylation is 2. The van der Waals surface area contributed by atoms with Gasteiger partial charge in [0.25, 0.3) is 0 Å². The summed E-state index contributed by atoms with van der Waals surface area (Å²) in [5.41, 5.74) is 4.95. The third-order valence-corrected chi connectivity index (χ3v) is 4.54. The Labute approximate surface area is 132 Å². The van der Waals surface area contributed by atoms with Crippen molar-refractivity contribution in [1.82, 2.24) is 0 Å². The maximum atomic E-state index is 10.4. The molecule has 0 amide bonds. The fourth-order valence-electron chi connectivity index (χ4n) is 2.86. The summed E-state index contributed by atoms with van der Waals surface area (Å²) in [6, 6.07) is 12.2. The van der Waals surface area contributed by atoms with E-state index in [1.807, 2.05) is 18.2 Å². The highest BCUT2D eigenvalue weighted by Gasteiger charge is 2.14. The van der Waals surface area contributed by atoms with Crippen molar-refractivity contribution in [3.63, 3.8) is 0 Å². The second-order valence-electron chi connectivity index (χ2n) is 5.38. The lowest BCUT2D eigenvalue weighted by Gasteiger charge is -2.13. The van der Waals surface area contributed by atoms with E-state index in [1.54, 1.807) is 0 Å². The molecule has 20 heavy (non-hydrogen) atoms. The van der Waals surface area contributed by atoms with Crippen molar-refractivity contribution in [2.24, 2.45) is 0 Å². The van der Waals surface area contributed by atoms with E-state index >= 15 is 0 Å². The van der Waals surface area contributed by atoms with Gasteiger partial charge in [-0.3, -0.25) is 0 Å². The number of halogens is 2. The van der Waals surface area contributed by atoms with Gasteiger partial charge in [-0.2, -0.15) is 0 Å². The molecule has 0 aromatic heterocycles. The highest BCUT2D eigenvalue weighted by atomic mass is 79.9. The minimum atomic E-state index is -0.524. The smallest absolute Gasteiger partial charge is 0.0831 e. The summed E-state index contributed by atoms with van der Waals surface area (Å²) in [6.45, 7) is 0. The van der Waals surface area contributed by atoms with Crippen LogP contribution < -0.4 is 0 Å². The van der Waals surface area contributed by atoms with Gasteiger partial charge in [-0.1, -0.05) is 45.7 Å². The van der Waals surface area contributed by atoms with Gasteiger partial charge >= 0.3 is 0 Å². The van der Waals surface area contributed by atoms with Crippen LogP contribution in [0.3, 0.4) is 0 Å². The molecule has 0 saturated carbocycles. The zero-order valence-corrected chi connectivity index (χ0v) is 13.4. The molecular weight excluding hydrogens is 336 g/mol. The molecule has 1 aliphatic rings. The summed E-state index contributed by atoms with van der Waals surface area (Å²) in [5, 5.41) is 11.0.